The van der Waals surface area contributed by atoms with Crippen molar-refractivity contribution in [2.24, 2.45) is 11.3 Å². The molecule has 9 heteroatoms. The van der Waals surface area contributed by atoms with Crippen molar-refractivity contribution in [1.82, 2.24) is 25.1 Å². The molecule has 0 aliphatic carbocycles. The number of likely N-dealkylation sites (tertiary alicyclic amines) is 1. The lowest BCUT2D eigenvalue weighted by Gasteiger charge is -2.28. The van der Waals surface area contributed by atoms with Gasteiger partial charge in [-0.1, -0.05) is 13.8 Å². The monoisotopic (exact) mass is 359 g/mol. The van der Waals surface area contributed by atoms with Crippen LogP contribution in [0.1, 0.15) is 30.6 Å². The number of ether oxygens (including phenoxy) is 1. The Kier molecular flexibility index (Phi) is 4.62. The molecule has 0 spiro atoms. The Morgan fingerprint density at radius 1 is 1.35 bits per heavy atom. The third kappa shape index (κ3) is 2.89. The fraction of sp³-hybridized carbons (Fsp3) is 0.471. The first-order valence-corrected chi connectivity index (χ1v) is 8.33. The van der Waals surface area contributed by atoms with Crippen molar-refractivity contribution in [1.29, 1.82) is 0 Å². The third-order valence-corrected chi connectivity index (χ3v) is 5.14. The number of aliphatic carboxylic acids is 1. The zero-order valence-electron chi connectivity index (χ0n) is 14.9. The summed E-state index contributed by atoms with van der Waals surface area (Å²) >= 11 is 0. The molecule has 138 valence electrons. The van der Waals surface area contributed by atoms with E-state index in [1.165, 1.54) is 18.1 Å². The van der Waals surface area contributed by atoms with Crippen molar-refractivity contribution < 1.29 is 19.4 Å². The van der Waals surface area contributed by atoms with Gasteiger partial charge in [0.05, 0.1) is 12.5 Å². The topological polar surface area (TPSA) is 110 Å². The molecule has 1 saturated heterocycles. The van der Waals surface area contributed by atoms with Gasteiger partial charge in [0, 0.05) is 18.7 Å². The molecule has 9 nitrogen and oxygen atoms in total. The minimum absolute atomic E-state index is 0.0644. The van der Waals surface area contributed by atoms with E-state index in [1.54, 1.807) is 23.1 Å². The highest BCUT2D eigenvalue weighted by molar-refractivity contribution is 5.96. The number of tetrazole rings is 1. The molecule has 3 rings (SSSR count). The van der Waals surface area contributed by atoms with Crippen LogP contribution in [0.5, 0.6) is 5.75 Å². The molecule has 0 radical (unpaired) electrons. The number of aromatic nitrogens is 4. The summed E-state index contributed by atoms with van der Waals surface area (Å²) in [4.78, 5) is 26.3. The van der Waals surface area contributed by atoms with E-state index in [2.05, 4.69) is 15.5 Å². The molecule has 2 heterocycles. The van der Waals surface area contributed by atoms with Crippen LogP contribution in [0, 0.1) is 11.3 Å². The number of benzene rings is 1. The predicted molar refractivity (Wildman–Crippen MR) is 91.1 cm³/mol. The molecular weight excluding hydrogens is 338 g/mol. The number of carbonyl (C=O) groups excluding carboxylic acids is 1. The zero-order valence-corrected chi connectivity index (χ0v) is 14.9. The Balaban J connectivity index is 1.90. The van der Waals surface area contributed by atoms with Crippen LogP contribution in [0.3, 0.4) is 0 Å². The zero-order chi connectivity index (χ0) is 18.9. The summed E-state index contributed by atoms with van der Waals surface area (Å²) in [6.45, 7) is 4.37. The quantitative estimate of drug-likeness (QED) is 0.855. The lowest BCUT2D eigenvalue weighted by atomic mass is 9.76. The van der Waals surface area contributed by atoms with Gasteiger partial charge in [0.15, 0.2) is 0 Å². The fourth-order valence-corrected chi connectivity index (χ4v) is 3.36. The maximum atomic E-state index is 12.9. The maximum Gasteiger partial charge on any atom is 0.311 e. The number of carboxylic acids is 1. The molecule has 1 fully saturated rings. The largest absolute Gasteiger partial charge is 0.494 e. The summed E-state index contributed by atoms with van der Waals surface area (Å²) in [7, 11) is 1.52. The summed E-state index contributed by atoms with van der Waals surface area (Å²) in [5, 5.41) is 20.7. The number of nitrogens with zero attached hydrogens (tertiary/aromatic N) is 5. The van der Waals surface area contributed by atoms with E-state index >= 15 is 0 Å². The van der Waals surface area contributed by atoms with Gasteiger partial charge in [0.1, 0.15) is 17.8 Å². The summed E-state index contributed by atoms with van der Waals surface area (Å²) < 4.78 is 6.72. The van der Waals surface area contributed by atoms with Crippen LogP contribution in [-0.4, -0.2) is 62.3 Å². The molecule has 2 aromatic rings. The molecule has 1 aliphatic heterocycles. The van der Waals surface area contributed by atoms with Crippen LogP contribution < -0.4 is 4.74 Å². The molecule has 0 saturated carbocycles. The Morgan fingerprint density at radius 3 is 2.65 bits per heavy atom. The Bertz CT molecular complexity index is 821. The van der Waals surface area contributed by atoms with Gasteiger partial charge >= 0.3 is 5.97 Å². The normalized spacial score (nSPS) is 19.8. The Labute approximate surface area is 150 Å². The molecule has 1 aromatic carbocycles. The van der Waals surface area contributed by atoms with Crippen molar-refractivity contribution in [2.45, 2.75) is 20.3 Å². The second-order valence-corrected chi connectivity index (χ2v) is 6.73. The molecule has 1 aromatic heterocycles. The van der Waals surface area contributed by atoms with Gasteiger partial charge in [-0.05, 0) is 41.0 Å². The summed E-state index contributed by atoms with van der Waals surface area (Å²) in [5.41, 5.74) is 0.0676. The minimum Gasteiger partial charge on any atom is -0.494 e. The minimum atomic E-state index is -0.902. The number of carbonyl (C=O) groups is 2. The summed E-state index contributed by atoms with van der Waals surface area (Å²) in [6, 6.07) is 4.98. The second-order valence-electron chi connectivity index (χ2n) is 6.73. The van der Waals surface area contributed by atoms with Crippen LogP contribution >= 0.6 is 0 Å². The van der Waals surface area contributed by atoms with Crippen LogP contribution in [0.4, 0.5) is 0 Å². The molecule has 1 amide bonds. The molecule has 1 aliphatic rings. The number of hydrogen-bond acceptors (Lipinski definition) is 6. The average Bonchev–Trinajstić information content (AvgIpc) is 3.30. The van der Waals surface area contributed by atoms with Gasteiger partial charge in [0.25, 0.3) is 5.91 Å². The van der Waals surface area contributed by atoms with E-state index in [0.717, 1.165) is 0 Å². The smallest absolute Gasteiger partial charge is 0.311 e. The number of carboxylic acid groups (broad SMARTS) is 1. The van der Waals surface area contributed by atoms with Gasteiger partial charge in [-0.25, -0.2) is 0 Å². The van der Waals surface area contributed by atoms with Crippen LogP contribution in [0.15, 0.2) is 24.5 Å². The Morgan fingerprint density at radius 2 is 2.12 bits per heavy atom. The highest BCUT2D eigenvalue weighted by atomic mass is 16.5. The number of rotatable bonds is 5. The van der Waals surface area contributed by atoms with Gasteiger partial charge in [-0.3, -0.25) is 9.59 Å². The lowest BCUT2D eigenvalue weighted by Crippen LogP contribution is -2.40. The highest BCUT2D eigenvalue weighted by Gasteiger charge is 2.48. The first kappa shape index (κ1) is 17.8. The summed E-state index contributed by atoms with van der Waals surface area (Å²) in [6.07, 6.45) is 1.86. The molecular formula is C17H21N5O4. The first-order valence-electron chi connectivity index (χ1n) is 8.33. The number of hydrogen-bond donors (Lipinski definition) is 1. The van der Waals surface area contributed by atoms with Crippen LogP contribution in [0.2, 0.25) is 0 Å². The van der Waals surface area contributed by atoms with E-state index in [-0.39, 0.29) is 18.4 Å². The van der Waals surface area contributed by atoms with E-state index in [9.17, 15) is 14.7 Å². The molecule has 0 bridgehead atoms. The SMILES string of the molecule is COc1ccc(C(=O)N2CCC(C(=O)O)(C(C)C)C2)cc1-n1cnnn1. The van der Waals surface area contributed by atoms with Gasteiger partial charge in [-0.2, -0.15) is 4.68 Å². The first-order chi connectivity index (χ1) is 12.4. The standard InChI is InChI=1S/C17H21N5O4/c1-11(2)17(16(24)25)6-7-21(9-17)15(23)12-4-5-14(26-3)13(8-12)22-10-18-19-20-22/h4-5,8,10-11H,6-7,9H2,1-3H3,(H,24,25). The van der Waals surface area contributed by atoms with Crippen molar-refractivity contribution in [2.75, 3.05) is 20.2 Å². The Hall–Kier alpha value is -2.97. The maximum absolute atomic E-state index is 12.9. The van der Waals surface area contributed by atoms with Gasteiger partial charge in [0.2, 0.25) is 0 Å². The second kappa shape index (κ2) is 6.74. The predicted octanol–water partition coefficient (Wildman–Crippen LogP) is 1.24. The van der Waals surface area contributed by atoms with Crippen molar-refractivity contribution in [3.8, 4) is 11.4 Å². The van der Waals surface area contributed by atoms with Crippen molar-refractivity contribution >= 4 is 11.9 Å². The van der Waals surface area contributed by atoms with Gasteiger partial charge < -0.3 is 14.7 Å². The van der Waals surface area contributed by atoms with Crippen LogP contribution in [-0.2, 0) is 4.79 Å². The molecule has 26 heavy (non-hydrogen) atoms. The molecule has 1 unspecified atom stereocenters. The van der Waals surface area contributed by atoms with E-state index in [1.807, 2.05) is 13.8 Å². The van der Waals surface area contributed by atoms with E-state index in [4.69, 9.17) is 4.74 Å². The van der Waals surface area contributed by atoms with E-state index < -0.39 is 11.4 Å². The van der Waals surface area contributed by atoms with Crippen molar-refractivity contribution in [3.05, 3.63) is 30.1 Å². The lowest BCUT2D eigenvalue weighted by molar-refractivity contribution is -0.150. The van der Waals surface area contributed by atoms with Crippen LogP contribution in [0.25, 0.3) is 5.69 Å². The van der Waals surface area contributed by atoms with Crippen molar-refractivity contribution in [3.63, 3.8) is 0 Å². The third-order valence-electron chi connectivity index (χ3n) is 5.14. The summed E-state index contributed by atoms with van der Waals surface area (Å²) in [5.74, 6) is -0.611. The number of amides is 1. The van der Waals surface area contributed by atoms with Gasteiger partial charge in [-0.15, -0.1) is 5.10 Å². The molecule has 1 N–H and O–H groups in total. The average molecular weight is 359 g/mol. The molecule has 1 atom stereocenters. The van der Waals surface area contributed by atoms with E-state index in [0.29, 0.717) is 30.0 Å². The fourth-order valence-electron chi connectivity index (χ4n) is 3.36. The number of methoxy groups -OCH3 is 1. The highest BCUT2D eigenvalue weighted by Crippen LogP contribution is 2.39.